The van der Waals surface area contributed by atoms with Gasteiger partial charge in [-0.1, -0.05) is 0 Å². The van der Waals surface area contributed by atoms with E-state index in [-0.39, 0.29) is 11.6 Å². The molecule has 0 atom stereocenters. The van der Waals surface area contributed by atoms with Gasteiger partial charge in [-0.05, 0) is 62.8 Å². The van der Waals surface area contributed by atoms with E-state index in [9.17, 15) is 9.59 Å². The molecule has 1 aliphatic rings. The lowest BCUT2D eigenvalue weighted by atomic mass is 9.88. The van der Waals surface area contributed by atoms with Gasteiger partial charge in [0.15, 0.2) is 0 Å². The topological polar surface area (TPSA) is 56.5 Å². The molecule has 0 spiro atoms. The van der Waals surface area contributed by atoms with Gasteiger partial charge in [0.05, 0.1) is 12.2 Å². The van der Waals surface area contributed by atoms with Crippen LogP contribution in [0, 0.1) is 6.92 Å². The molecule has 0 bridgehead atoms. The SMILES string of the molecule is CCOC(=O)c1cc(C)cc2oc(=O)c3c(c12)CCCC3. The summed E-state index contributed by atoms with van der Waals surface area (Å²) in [5, 5.41) is 0.758. The highest BCUT2D eigenvalue weighted by atomic mass is 16.5. The summed E-state index contributed by atoms with van der Waals surface area (Å²) in [6.07, 6.45) is 3.56. The molecule has 0 saturated carbocycles. The standard InChI is InChI=1S/C17H18O4/c1-3-20-16(18)13-8-10(2)9-14-15(13)11-6-4-5-7-12(11)17(19)21-14/h8-9H,3-7H2,1-2H3. The van der Waals surface area contributed by atoms with Gasteiger partial charge in [0.2, 0.25) is 0 Å². The second-order valence-electron chi connectivity index (χ2n) is 5.46. The van der Waals surface area contributed by atoms with E-state index >= 15 is 0 Å². The molecule has 0 aliphatic heterocycles. The summed E-state index contributed by atoms with van der Waals surface area (Å²) in [6, 6.07) is 3.63. The van der Waals surface area contributed by atoms with E-state index in [0.29, 0.717) is 17.8 Å². The Hall–Kier alpha value is -2.10. The van der Waals surface area contributed by atoms with Crippen LogP contribution in [0.2, 0.25) is 0 Å². The van der Waals surface area contributed by atoms with Crippen LogP contribution in [0.4, 0.5) is 0 Å². The normalized spacial score (nSPS) is 14.0. The van der Waals surface area contributed by atoms with Crippen molar-refractivity contribution < 1.29 is 13.9 Å². The number of ether oxygens (including phenoxy) is 1. The zero-order valence-electron chi connectivity index (χ0n) is 12.3. The first-order valence-electron chi connectivity index (χ1n) is 7.38. The molecule has 4 nitrogen and oxygen atoms in total. The smallest absolute Gasteiger partial charge is 0.339 e. The Labute approximate surface area is 122 Å². The Balaban J connectivity index is 2.36. The molecule has 0 N–H and O–H groups in total. The fourth-order valence-corrected chi connectivity index (χ4v) is 3.08. The molecule has 0 radical (unpaired) electrons. The minimum atomic E-state index is -0.354. The van der Waals surface area contributed by atoms with Crippen LogP contribution in [0.15, 0.2) is 21.3 Å². The Morgan fingerprint density at radius 2 is 1.95 bits per heavy atom. The molecule has 21 heavy (non-hydrogen) atoms. The van der Waals surface area contributed by atoms with E-state index in [1.165, 1.54) is 0 Å². The lowest BCUT2D eigenvalue weighted by Crippen LogP contribution is -2.17. The van der Waals surface area contributed by atoms with Crippen LogP contribution in [-0.4, -0.2) is 12.6 Å². The van der Waals surface area contributed by atoms with Gasteiger partial charge in [-0.15, -0.1) is 0 Å². The summed E-state index contributed by atoms with van der Waals surface area (Å²) in [7, 11) is 0. The third-order valence-corrected chi connectivity index (χ3v) is 3.96. The maximum Gasteiger partial charge on any atom is 0.339 e. The van der Waals surface area contributed by atoms with E-state index < -0.39 is 0 Å². The highest BCUT2D eigenvalue weighted by Crippen LogP contribution is 2.30. The van der Waals surface area contributed by atoms with Crippen molar-refractivity contribution in [3.05, 3.63) is 44.8 Å². The summed E-state index contributed by atoms with van der Waals surface area (Å²) in [5.74, 6) is -0.354. The number of hydrogen-bond acceptors (Lipinski definition) is 4. The predicted octanol–water partition coefficient (Wildman–Crippen LogP) is 3.16. The maximum atomic E-state index is 12.2. The van der Waals surface area contributed by atoms with Crippen LogP contribution < -0.4 is 5.63 Å². The number of fused-ring (bicyclic) bond motifs is 3. The number of esters is 1. The first-order valence-corrected chi connectivity index (χ1v) is 7.38. The van der Waals surface area contributed by atoms with Crippen LogP contribution in [-0.2, 0) is 17.6 Å². The van der Waals surface area contributed by atoms with Crippen LogP contribution in [0.1, 0.15) is 46.8 Å². The summed E-state index contributed by atoms with van der Waals surface area (Å²) in [4.78, 5) is 24.4. The van der Waals surface area contributed by atoms with Gasteiger partial charge in [-0.25, -0.2) is 9.59 Å². The second kappa shape index (κ2) is 5.35. The quantitative estimate of drug-likeness (QED) is 0.628. The number of carbonyl (C=O) groups excluding carboxylic acids is 1. The first kappa shape index (κ1) is 13.9. The van der Waals surface area contributed by atoms with Gasteiger partial charge < -0.3 is 9.15 Å². The number of aryl methyl sites for hydroxylation is 2. The van der Waals surface area contributed by atoms with Gasteiger partial charge in [0, 0.05) is 10.9 Å². The Bertz CT molecular complexity index is 770. The van der Waals surface area contributed by atoms with Crippen molar-refractivity contribution in [2.45, 2.75) is 39.5 Å². The van der Waals surface area contributed by atoms with Crippen LogP contribution in [0.25, 0.3) is 11.0 Å². The van der Waals surface area contributed by atoms with Crippen LogP contribution >= 0.6 is 0 Å². The third-order valence-electron chi connectivity index (χ3n) is 3.96. The molecule has 4 heteroatoms. The molecule has 2 aromatic rings. The maximum absolute atomic E-state index is 12.2. The largest absolute Gasteiger partial charge is 0.462 e. The number of rotatable bonds is 2. The zero-order chi connectivity index (χ0) is 15.0. The number of carbonyl (C=O) groups is 1. The van der Waals surface area contributed by atoms with Crippen molar-refractivity contribution in [1.82, 2.24) is 0 Å². The zero-order valence-corrected chi connectivity index (χ0v) is 12.3. The number of benzene rings is 1. The van der Waals surface area contributed by atoms with Crippen LogP contribution in [0.5, 0.6) is 0 Å². The Morgan fingerprint density at radius 1 is 1.24 bits per heavy atom. The molecule has 110 valence electrons. The Kier molecular flexibility index (Phi) is 3.53. The van der Waals surface area contributed by atoms with Crippen molar-refractivity contribution >= 4 is 16.9 Å². The fourth-order valence-electron chi connectivity index (χ4n) is 3.08. The minimum Gasteiger partial charge on any atom is -0.462 e. The fraction of sp³-hybridized carbons (Fsp3) is 0.412. The second-order valence-corrected chi connectivity index (χ2v) is 5.46. The van der Waals surface area contributed by atoms with E-state index in [1.807, 2.05) is 19.1 Å². The molecule has 0 fully saturated rings. The van der Waals surface area contributed by atoms with Crippen LogP contribution in [0.3, 0.4) is 0 Å². The molecule has 0 unspecified atom stereocenters. The summed E-state index contributed by atoms with van der Waals surface area (Å²) < 4.78 is 10.6. The van der Waals surface area contributed by atoms with Crippen molar-refractivity contribution in [2.24, 2.45) is 0 Å². The molecule has 1 aromatic carbocycles. The molecule has 1 heterocycles. The van der Waals surface area contributed by atoms with Gasteiger partial charge in [-0.3, -0.25) is 0 Å². The number of hydrogen-bond donors (Lipinski definition) is 0. The Morgan fingerprint density at radius 3 is 2.67 bits per heavy atom. The van der Waals surface area contributed by atoms with E-state index in [2.05, 4.69) is 0 Å². The third kappa shape index (κ3) is 2.35. The molecule has 1 aliphatic carbocycles. The summed E-state index contributed by atoms with van der Waals surface area (Å²) in [5.41, 5.74) is 3.30. The minimum absolute atomic E-state index is 0.266. The van der Waals surface area contributed by atoms with E-state index in [1.54, 1.807) is 6.92 Å². The molecule has 1 aromatic heterocycles. The van der Waals surface area contributed by atoms with Crippen molar-refractivity contribution in [3.8, 4) is 0 Å². The predicted molar refractivity (Wildman–Crippen MR) is 79.8 cm³/mol. The molecule has 0 saturated heterocycles. The molecular weight excluding hydrogens is 268 g/mol. The summed E-state index contributed by atoms with van der Waals surface area (Å²) in [6.45, 7) is 3.99. The van der Waals surface area contributed by atoms with Crippen molar-refractivity contribution in [2.75, 3.05) is 6.61 Å². The molecule has 3 rings (SSSR count). The molecular formula is C17H18O4. The van der Waals surface area contributed by atoms with E-state index in [0.717, 1.165) is 47.8 Å². The van der Waals surface area contributed by atoms with E-state index in [4.69, 9.17) is 9.15 Å². The lowest BCUT2D eigenvalue weighted by Gasteiger charge is -2.18. The monoisotopic (exact) mass is 286 g/mol. The average Bonchev–Trinajstić information content (AvgIpc) is 2.46. The average molecular weight is 286 g/mol. The van der Waals surface area contributed by atoms with Gasteiger partial charge in [-0.2, -0.15) is 0 Å². The lowest BCUT2D eigenvalue weighted by molar-refractivity contribution is 0.0528. The highest BCUT2D eigenvalue weighted by molar-refractivity contribution is 6.05. The highest BCUT2D eigenvalue weighted by Gasteiger charge is 2.23. The first-order chi connectivity index (χ1) is 10.1. The van der Waals surface area contributed by atoms with Crippen molar-refractivity contribution in [1.29, 1.82) is 0 Å². The van der Waals surface area contributed by atoms with Gasteiger partial charge in [0.25, 0.3) is 0 Å². The van der Waals surface area contributed by atoms with Gasteiger partial charge in [0.1, 0.15) is 5.58 Å². The van der Waals surface area contributed by atoms with Gasteiger partial charge >= 0.3 is 11.6 Å². The van der Waals surface area contributed by atoms with Crippen molar-refractivity contribution in [3.63, 3.8) is 0 Å². The molecule has 0 amide bonds. The summed E-state index contributed by atoms with van der Waals surface area (Å²) >= 11 is 0.